The largest absolute Gasteiger partial charge is 0.395 e. The zero-order valence-electron chi connectivity index (χ0n) is 14.0. The quantitative estimate of drug-likeness (QED) is 0.704. The summed E-state index contributed by atoms with van der Waals surface area (Å²) < 4.78 is 1.38. The minimum Gasteiger partial charge on any atom is -0.395 e. The van der Waals surface area contributed by atoms with Crippen LogP contribution in [-0.4, -0.2) is 38.7 Å². The monoisotopic (exact) mass is 334 g/mol. The van der Waals surface area contributed by atoms with E-state index < -0.39 is 17.2 Å². The number of aromatic nitrogens is 3. The number of rotatable bonds is 6. The number of nitrogens with zero attached hydrogens (tertiary/aromatic N) is 2. The van der Waals surface area contributed by atoms with Gasteiger partial charge < -0.3 is 10.4 Å². The topological polar surface area (TPSA) is 117 Å². The number of carbonyl (C=O) groups excluding carboxylic acids is 1. The SMILES string of the molecule is CCCn1c(=O)[nH]c(=O)c2c(C(=O)NCCO)cc(C(C)C)nc21. The van der Waals surface area contributed by atoms with E-state index in [1.807, 2.05) is 20.8 Å². The molecule has 0 atom stereocenters. The molecule has 2 rings (SSSR count). The molecule has 3 N–H and O–H groups in total. The summed E-state index contributed by atoms with van der Waals surface area (Å²) >= 11 is 0. The Morgan fingerprint density at radius 1 is 1.42 bits per heavy atom. The van der Waals surface area contributed by atoms with E-state index in [-0.39, 0.29) is 35.7 Å². The normalized spacial score (nSPS) is 11.2. The Bertz CT molecular complexity index is 867. The van der Waals surface area contributed by atoms with Crippen molar-refractivity contribution in [2.75, 3.05) is 13.2 Å². The summed E-state index contributed by atoms with van der Waals surface area (Å²) in [4.78, 5) is 43.5. The Morgan fingerprint density at radius 2 is 2.12 bits per heavy atom. The highest BCUT2D eigenvalue weighted by atomic mass is 16.3. The van der Waals surface area contributed by atoms with E-state index in [4.69, 9.17) is 5.11 Å². The highest BCUT2D eigenvalue weighted by Crippen LogP contribution is 2.19. The van der Waals surface area contributed by atoms with Crippen LogP contribution in [0.3, 0.4) is 0 Å². The lowest BCUT2D eigenvalue weighted by Crippen LogP contribution is -2.34. The third kappa shape index (κ3) is 3.38. The van der Waals surface area contributed by atoms with Gasteiger partial charge in [0, 0.05) is 18.8 Å². The van der Waals surface area contributed by atoms with E-state index in [1.54, 1.807) is 6.07 Å². The van der Waals surface area contributed by atoms with Crippen LogP contribution in [0.15, 0.2) is 15.7 Å². The maximum absolute atomic E-state index is 12.4. The van der Waals surface area contributed by atoms with Crippen molar-refractivity contribution in [1.29, 1.82) is 0 Å². The van der Waals surface area contributed by atoms with Gasteiger partial charge in [0.2, 0.25) is 0 Å². The van der Waals surface area contributed by atoms with Crippen LogP contribution in [-0.2, 0) is 6.54 Å². The predicted octanol–water partition coefficient (Wildman–Crippen LogP) is 0.340. The van der Waals surface area contributed by atoms with Gasteiger partial charge in [0.15, 0.2) is 5.65 Å². The van der Waals surface area contributed by atoms with Crippen molar-refractivity contribution < 1.29 is 9.90 Å². The van der Waals surface area contributed by atoms with Gasteiger partial charge in [0.1, 0.15) is 0 Å². The van der Waals surface area contributed by atoms with Gasteiger partial charge in [-0.1, -0.05) is 20.8 Å². The standard InChI is InChI=1S/C16H22N4O4/c1-4-6-20-13-12(15(23)19-16(20)24)10(14(22)17-5-7-21)8-11(18-13)9(2)3/h8-9,21H,4-7H2,1-3H3,(H,17,22)(H,19,23,24). The van der Waals surface area contributed by atoms with E-state index in [1.165, 1.54) is 4.57 Å². The number of fused-ring (bicyclic) bond motifs is 1. The first-order valence-electron chi connectivity index (χ1n) is 7.97. The molecule has 0 saturated heterocycles. The number of nitrogens with one attached hydrogen (secondary N) is 2. The third-order valence-electron chi connectivity index (χ3n) is 3.65. The molecule has 0 saturated carbocycles. The van der Waals surface area contributed by atoms with Crippen LogP contribution >= 0.6 is 0 Å². The summed E-state index contributed by atoms with van der Waals surface area (Å²) in [5.74, 6) is -0.464. The molecule has 0 spiro atoms. The van der Waals surface area contributed by atoms with Crippen molar-refractivity contribution in [3.05, 3.63) is 38.2 Å². The molecule has 24 heavy (non-hydrogen) atoms. The van der Waals surface area contributed by atoms with Gasteiger partial charge in [-0.2, -0.15) is 0 Å². The molecule has 0 radical (unpaired) electrons. The molecule has 1 amide bonds. The fourth-order valence-corrected chi connectivity index (χ4v) is 2.46. The molecule has 0 aliphatic heterocycles. The first kappa shape index (κ1) is 17.9. The molecule has 0 fully saturated rings. The Hall–Kier alpha value is -2.48. The van der Waals surface area contributed by atoms with Crippen LogP contribution in [0.25, 0.3) is 11.0 Å². The van der Waals surface area contributed by atoms with Gasteiger partial charge >= 0.3 is 5.69 Å². The summed E-state index contributed by atoms with van der Waals surface area (Å²) in [6, 6.07) is 1.57. The van der Waals surface area contributed by atoms with Crippen molar-refractivity contribution in [2.24, 2.45) is 0 Å². The second-order valence-corrected chi connectivity index (χ2v) is 5.84. The fourth-order valence-electron chi connectivity index (χ4n) is 2.46. The molecule has 2 heterocycles. The number of aliphatic hydroxyl groups is 1. The molecule has 8 nitrogen and oxygen atoms in total. The number of aliphatic hydroxyl groups excluding tert-OH is 1. The molecule has 0 bridgehead atoms. The summed E-state index contributed by atoms with van der Waals surface area (Å²) in [5.41, 5.74) is -0.190. The summed E-state index contributed by atoms with van der Waals surface area (Å²) in [7, 11) is 0. The van der Waals surface area contributed by atoms with Crippen molar-refractivity contribution in [3.63, 3.8) is 0 Å². The fraction of sp³-hybridized carbons (Fsp3) is 0.500. The molecule has 0 aliphatic carbocycles. The van der Waals surface area contributed by atoms with E-state index in [0.29, 0.717) is 18.7 Å². The van der Waals surface area contributed by atoms with Gasteiger partial charge in [-0.15, -0.1) is 0 Å². The Balaban J connectivity index is 2.85. The molecular formula is C16H22N4O4. The lowest BCUT2D eigenvalue weighted by Gasteiger charge is -2.14. The highest BCUT2D eigenvalue weighted by Gasteiger charge is 2.20. The summed E-state index contributed by atoms with van der Waals surface area (Å²) in [6.45, 7) is 6.00. The molecule has 2 aromatic rings. The average Bonchev–Trinajstić information content (AvgIpc) is 2.55. The van der Waals surface area contributed by atoms with Crippen molar-refractivity contribution in [1.82, 2.24) is 19.9 Å². The molecule has 2 aromatic heterocycles. The number of aromatic amines is 1. The number of hydrogen-bond acceptors (Lipinski definition) is 5. The number of H-pyrrole nitrogens is 1. The zero-order chi connectivity index (χ0) is 17.9. The van der Waals surface area contributed by atoms with Crippen LogP contribution in [0.2, 0.25) is 0 Å². The van der Waals surface area contributed by atoms with Gasteiger partial charge in [-0.3, -0.25) is 19.1 Å². The number of carbonyl (C=O) groups is 1. The molecule has 0 aromatic carbocycles. The van der Waals surface area contributed by atoms with Crippen LogP contribution in [0.5, 0.6) is 0 Å². The van der Waals surface area contributed by atoms with Crippen molar-refractivity contribution in [3.8, 4) is 0 Å². The van der Waals surface area contributed by atoms with Gasteiger partial charge in [-0.25, -0.2) is 9.78 Å². The smallest absolute Gasteiger partial charge is 0.329 e. The molecule has 0 aliphatic rings. The number of aryl methyl sites for hydroxylation is 1. The molecule has 0 unspecified atom stereocenters. The lowest BCUT2D eigenvalue weighted by molar-refractivity contribution is 0.0946. The van der Waals surface area contributed by atoms with Crippen LogP contribution < -0.4 is 16.6 Å². The second kappa shape index (κ2) is 7.39. The minimum atomic E-state index is -0.640. The van der Waals surface area contributed by atoms with Crippen LogP contribution in [0.1, 0.15) is 49.2 Å². The Kier molecular flexibility index (Phi) is 5.50. The molecule has 8 heteroatoms. The second-order valence-electron chi connectivity index (χ2n) is 5.84. The Morgan fingerprint density at radius 3 is 2.71 bits per heavy atom. The predicted molar refractivity (Wildman–Crippen MR) is 90.4 cm³/mol. The summed E-state index contributed by atoms with van der Waals surface area (Å²) in [6.07, 6.45) is 0.681. The molecule has 130 valence electrons. The third-order valence-corrected chi connectivity index (χ3v) is 3.65. The maximum Gasteiger partial charge on any atom is 0.329 e. The van der Waals surface area contributed by atoms with Gasteiger partial charge in [0.05, 0.1) is 17.6 Å². The average molecular weight is 334 g/mol. The van der Waals surface area contributed by atoms with Crippen LogP contribution in [0.4, 0.5) is 0 Å². The van der Waals surface area contributed by atoms with E-state index >= 15 is 0 Å². The Labute approximate surface area is 138 Å². The lowest BCUT2D eigenvalue weighted by atomic mass is 10.0. The van der Waals surface area contributed by atoms with Gasteiger partial charge in [-0.05, 0) is 18.4 Å². The zero-order valence-corrected chi connectivity index (χ0v) is 14.0. The highest BCUT2D eigenvalue weighted by molar-refractivity contribution is 6.05. The van der Waals surface area contributed by atoms with Gasteiger partial charge in [0.25, 0.3) is 11.5 Å². The number of hydrogen-bond donors (Lipinski definition) is 3. The number of amides is 1. The van der Waals surface area contributed by atoms with E-state index in [0.717, 1.165) is 0 Å². The van der Waals surface area contributed by atoms with E-state index in [9.17, 15) is 14.4 Å². The van der Waals surface area contributed by atoms with E-state index in [2.05, 4.69) is 15.3 Å². The van der Waals surface area contributed by atoms with Crippen molar-refractivity contribution in [2.45, 2.75) is 39.7 Å². The van der Waals surface area contributed by atoms with Crippen LogP contribution in [0, 0.1) is 0 Å². The maximum atomic E-state index is 12.4. The molecular weight excluding hydrogens is 312 g/mol. The first-order valence-corrected chi connectivity index (χ1v) is 7.97. The number of pyridine rings is 1. The first-order chi connectivity index (χ1) is 11.4. The van der Waals surface area contributed by atoms with Crippen molar-refractivity contribution >= 4 is 16.9 Å². The summed E-state index contributed by atoms with van der Waals surface area (Å²) in [5, 5.41) is 11.5. The minimum absolute atomic E-state index is 0.0169.